The largest absolute Gasteiger partial charge is 0.492 e. The zero-order valence-electron chi connectivity index (χ0n) is 14.6. The number of alkyl halides is 4. The summed E-state index contributed by atoms with van der Waals surface area (Å²) >= 11 is 0. The van der Waals surface area contributed by atoms with Crippen LogP contribution in [0.2, 0.25) is 0 Å². The van der Waals surface area contributed by atoms with Gasteiger partial charge in [-0.05, 0) is 37.7 Å². The van der Waals surface area contributed by atoms with Crippen molar-refractivity contribution < 1.29 is 22.3 Å². The first-order valence-corrected chi connectivity index (χ1v) is 9.09. The molecular weight excluding hydrogens is 320 g/mol. The third-order valence-electron chi connectivity index (χ3n) is 5.29. The van der Waals surface area contributed by atoms with Crippen molar-refractivity contribution in [2.45, 2.75) is 77.1 Å². The fraction of sp³-hybridized carbons (Fsp3) is 0.789. The minimum atomic E-state index is -4.26. The van der Waals surface area contributed by atoms with E-state index >= 15 is 0 Å². The Kier molecular flexibility index (Phi) is 6.38. The van der Waals surface area contributed by atoms with E-state index < -0.39 is 23.2 Å². The number of unbranched alkanes of at least 4 members (excludes halogenated alkanes) is 1. The normalized spacial score (nSPS) is 28.9. The zero-order valence-corrected chi connectivity index (χ0v) is 14.6. The van der Waals surface area contributed by atoms with Gasteiger partial charge >= 0.3 is 11.8 Å². The van der Waals surface area contributed by atoms with E-state index in [0.717, 1.165) is 30.9 Å². The van der Waals surface area contributed by atoms with Gasteiger partial charge in [0.15, 0.2) is 5.76 Å². The van der Waals surface area contributed by atoms with Gasteiger partial charge < -0.3 is 4.74 Å². The molecule has 1 fully saturated rings. The van der Waals surface area contributed by atoms with Crippen LogP contribution in [0.1, 0.15) is 65.2 Å². The molecule has 1 saturated carbocycles. The maximum absolute atomic E-state index is 14.1. The van der Waals surface area contributed by atoms with Crippen molar-refractivity contribution in [3.05, 3.63) is 23.5 Å². The Morgan fingerprint density at radius 2 is 1.67 bits per heavy atom. The smallest absolute Gasteiger partial charge is 0.369 e. The number of allylic oxidation sites excluding steroid dienone is 4. The van der Waals surface area contributed by atoms with Gasteiger partial charge in [-0.25, -0.2) is 0 Å². The summed E-state index contributed by atoms with van der Waals surface area (Å²) in [5.41, 5.74) is -0.479. The van der Waals surface area contributed by atoms with Crippen molar-refractivity contribution in [1.82, 2.24) is 0 Å². The van der Waals surface area contributed by atoms with Crippen LogP contribution in [0.25, 0.3) is 0 Å². The van der Waals surface area contributed by atoms with Crippen LogP contribution in [0, 0.1) is 11.8 Å². The Labute approximate surface area is 142 Å². The van der Waals surface area contributed by atoms with Crippen molar-refractivity contribution in [2.75, 3.05) is 6.61 Å². The second kappa shape index (κ2) is 7.92. The third-order valence-corrected chi connectivity index (χ3v) is 5.29. The first kappa shape index (κ1) is 19.3. The molecule has 0 bridgehead atoms. The topological polar surface area (TPSA) is 9.23 Å². The van der Waals surface area contributed by atoms with Crippen LogP contribution < -0.4 is 0 Å². The summed E-state index contributed by atoms with van der Waals surface area (Å²) < 4.78 is 60.8. The summed E-state index contributed by atoms with van der Waals surface area (Å²) in [6.45, 7) is 3.71. The summed E-state index contributed by atoms with van der Waals surface area (Å²) in [4.78, 5) is 0. The lowest BCUT2D eigenvalue weighted by molar-refractivity contribution is -0.186. The van der Waals surface area contributed by atoms with Gasteiger partial charge in [0.05, 0.1) is 6.61 Å². The molecule has 0 radical (unpaired) electrons. The highest BCUT2D eigenvalue weighted by atomic mass is 19.3. The van der Waals surface area contributed by atoms with E-state index in [-0.39, 0.29) is 13.0 Å². The monoisotopic (exact) mass is 348 g/mol. The van der Waals surface area contributed by atoms with Crippen molar-refractivity contribution in [3.8, 4) is 0 Å². The van der Waals surface area contributed by atoms with Gasteiger partial charge in [0.25, 0.3) is 0 Å². The predicted molar refractivity (Wildman–Crippen MR) is 87.3 cm³/mol. The number of halogens is 4. The van der Waals surface area contributed by atoms with Gasteiger partial charge in [0.1, 0.15) is 0 Å². The molecule has 0 unspecified atom stereocenters. The van der Waals surface area contributed by atoms with E-state index in [0.29, 0.717) is 12.3 Å². The van der Waals surface area contributed by atoms with E-state index in [2.05, 4.69) is 11.7 Å². The molecule has 0 aliphatic heterocycles. The SMILES string of the molecule is CCOC1=CC=C(CCCCC2CCC(C)CC2)C(F)(F)C1(F)F. The first-order chi connectivity index (χ1) is 11.3. The first-order valence-electron chi connectivity index (χ1n) is 9.09. The minimum absolute atomic E-state index is 0.0155. The molecule has 0 saturated heterocycles. The molecular formula is C19H28F4O. The Morgan fingerprint density at radius 1 is 1.00 bits per heavy atom. The molecule has 138 valence electrons. The Bertz CT molecular complexity index is 474. The molecule has 0 amide bonds. The molecule has 2 aliphatic carbocycles. The fourth-order valence-corrected chi connectivity index (χ4v) is 3.64. The molecule has 5 heteroatoms. The molecule has 0 aromatic heterocycles. The van der Waals surface area contributed by atoms with E-state index in [1.54, 1.807) is 0 Å². The number of hydrogen-bond acceptors (Lipinski definition) is 1. The maximum Gasteiger partial charge on any atom is 0.369 e. The lowest BCUT2D eigenvalue weighted by Crippen LogP contribution is -2.46. The molecule has 2 rings (SSSR count). The van der Waals surface area contributed by atoms with E-state index in [1.807, 2.05) is 0 Å². The molecule has 0 atom stereocenters. The third kappa shape index (κ3) is 4.15. The van der Waals surface area contributed by atoms with Crippen molar-refractivity contribution in [2.24, 2.45) is 11.8 Å². The lowest BCUT2D eigenvalue weighted by atomic mass is 9.80. The molecule has 2 aliphatic rings. The summed E-state index contributed by atoms with van der Waals surface area (Å²) in [7, 11) is 0. The van der Waals surface area contributed by atoms with Crippen LogP contribution in [-0.4, -0.2) is 18.5 Å². The quantitative estimate of drug-likeness (QED) is 0.377. The van der Waals surface area contributed by atoms with Gasteiger partial charge in [0, 0.05) is 5.57 Å². The van der Waals surface area contributed by atoms with Crippen LogP contribution in [0.4, 0.5) is 17.6 Å². The minimum Gasteiger partial charge on any atom is -0.492 e. The maximum atomic E-state index is 14.1. The molecule has 0 aromatic rings. The number of ether oxygens (including phenoxy) is 1. The highest BCUT2D eigenvalue weighted by Crippen LogP contribution is 2.49. The summed E-state index contributed by atoms with van der Waals surface area (Å²) in [6, 6.07) is 0. The average molecular weight is 348 g/mol. The van der Waals surface area contributed by atoms with Crippen LogP contribution in [-0.2, 0) is 4.74 Å². The Balaban J connectivity index is 1.85. The van der Waals surface area contributed by atoms with E-state index in [4.69, 9.17) is 0 Å². The van der Waals surface area contributed by atoms with Crippen molar-refractivity contribution >= 4 is 0 Å². The van der Waals surface area contributed by atoms with Gasteiger partial charge in [-0.15, -0.1) is 0 Å². The van der Waals surface area contributed by atoms with E-state index in [1.165, 1.54) is 32.6 Å². The molecule has 0 N–H and O–H groups in total. The Hall–Kier alpha value is -1.00. The van der Waals surface area contributed by atoms with Crippen LogP contribution in [0.3, 0.4) is 0 Å². The zero-order chi connectivity index (χ0) is 17.8. The average Bonchev–Trinajstić information content (AvgIpc) is 2.53. The number of hydrogen-bond donors (Lipinski definition) is 0. The van der Waals surface area contributed by atoms with Crippen LogP contribution in [0.15, 0.2) is 23.5 Å². The van der Waals surface area contributed by atoms with Gasteiger partial charge in [-0.2, -0.15) is 17.6 Å². The second-order valence-corrected chi connectivity index (χ2v) is 7.18. The standard InChI is InChI=1S/C19H28F4O/c1-3-24-17-13-12-16(18(20,21)19(17,22)23)7-5-4-6-15-10-8-14(2)9-11-15/h12-15H,3-11H2,1-2H3. The van der Waals surface area contributed by atoms with Crippen LogP contribution in [0.5, 0.6) is 0 Å². The highest BCUT2D eigenvalue weighted by molar-refractivity contribution is 5.35. The Morgan fingerprint density at radius 3 is 2.29 bits per heavy atom. The van der Waals surface area contributed by atoms with Gasteiger partial charge in [-0.3, -0.25) is 0 Å². The van der Waals surface area contributed by atoms with Crippen molar-refractivity contribution in [3.63, 3.8) is 0 Å². The predicted octanol–water partition coefficient (Wildman–Crippen LogP) is 6.50. The van der Waals surface area contributed by atoms with Crippen LogP contribution >= 0.6 is 0 Å². The van der Waals surface area contributed by atoms with Gasteiger partial charge in [-0.1, -0.05) is 51.5 Å². The molecule has 0 spiro atoms. The highest BCUT2D eigenvalue weighted by Gasteiger charge is 2.63. The van der Waals surface area contributed by atoms with E-state index in [9.17, 15) is 17.6 Å². The van der Waals surface area contributed by atoms with Gasteiger partial charge in [0.2, 0.25) is 0 Å². The molecule has 0 heterocycles. The molecule has 24 heavy (non-hydrogen) atoms. The summed E-state index contributed by atoms with van der Waals surface area (Å²) in [5.74, 6) is -7.89. The van der Waals surface area contributed by atoms with Crippen molar-refractivity contribution in [1.29, 1.82) is 0 Å². The fourth-order valence-electron chi connectivity index (χ4n) is 3.64. The molecule has 1 nitrogen and oxygen atoms in total. The lowest BCUT2D eigenvalue weighted by Gasteiger charge is -2.32. The second-order valence-electron chi connectivity index (χ2n) is 7.18. The molecule has 0 aromatic carbocycles. The summed E-state index contributed by atoms with van der Waals surface area (Å²) in [5, 5.41) is 0. The summed E-state index contributed by atoms with van der Waals surface area (Å²) in [6.07, 6.45) is 9.39. The number of rotatable bonds is 7.